The molecule has 2 amide bonds. The summed E-state index contributed by atoms with van der Waals surface area (Å²) in [5.74, 6) is 2.18. The summed E-state index contributed by atoms with van der Waals surface area (Å²) in [5, 5.41) is 3.78. The van der Waals surface area contributed by atoms with Gasteiger partial charge in [0, 0.05) is 10.0 Å². The van der Waals surface area contributed by atoms with Crippen LogP contribution in [-0.4, -0.2) is 25.5 Å². The monoisotopic (exact) mass is 459 g/mol. The second-order valence-corrected chi connectivity index (χ2v) is 7.93. The molecule has 29 heavy (non-hydrogen) atoms. The Morgan fingerprint density at radius 3 is 2.55 bits per heavy atom. The van der Waals surface area contributed by atoms with Gasteiger partial charge in [0.05, 0.1) is 6.21 Å². The Labute approximate surface area is 179 Å². The van der Waals surface area contributed by atoms with Gasteiger partial charge in [-0.2, -0.15) is 5.10 Å². The lowest BCUT2D eigenvalue weighted by atomic mass is 9.84. The molecule has 6 nitrogen and oxygen atoms in total. The third-order valence-electron chi connectivity index (χ3n) is 4.92. The zero-order chi connectivity index (χ0) is 20.5. The van der Waals surface area contributed by atoms with Crippen molar-refractivity contribution in [3.05, 3.63) is 58.1 Å². The number of nitrogens with two attached hydrogens (primary N) is 1. The maximum Gasteiger partial charge on any atom is 0.332 e. The molecule has 3 rings (SSSR count). The van der Waals surface area contributed by atoms with Gasteiger partial charge in [-0.25, -0.2) is 10.2 Å². The van der Waals surface area contributed by atoms with Gasteiger partial charge in [-0.05, 0) is 54.7 Å². The van der Waals surface area contributed by atoms with Crippen LogP contribution in [0.1, 0.15) is 49.1 Å². The van der Waals surface area contributed by atoms with E-state index in [0.29, 0.717) is 30.4 Å². The van der Waals surface area contributed by atoms with E-state index in [4.69, 9.17) is 15.2 Å². The first kappa shape index (κ1) is 21.2. The van der Waals surface area contributed by atoms with E-state index in [1.54, 1.807) is 0 Å². The molecule has 0 bridgehead atoms. The zero-order valence-corrected chi connectivity index (χ0v) is 17.9. The molecule has 0 unspecified atom stereocenters. The zero-order valence-electron chi connectivity index (χ0n) is 16.3. The number of carbonyl (C=O) groups excluding carboxylic acids is 1. The third kappa shape index (κ3) is 6.78. The van der Waals surface area contributed by atoms with E-state index in [1.807, 2.05) is 30.3 Å². The van der Waals surface area contributed by atoms with Crippen LogP contribution in [0.3, 0.4) is 0 Å². The second-order valence-electron chi connectivity index (χ2n) is 7.02. The first-order chi connectivity index (χ1) is 14.1. The first-order valence-electron chi connectivity index (χ1n) is 9.85. The molecule has 1 aliphatic rings. The van der Waals surface area contributed by atoms with Crippen molar-refractivity contribution < 1.29 is 14.3 Å². The number of rotatable bonds is 8. The normalized spacial score (nSPS) is 14.7. The number of hydrazone groups is 1. The number of hydrogen-bond donors (Lipinski definition) is 2. The predicted molar refractivity (Wildman–Crippen MR) is 118 cm³/mol. The van der Waals surface area contributed by atoms with E-state index in [1.165, 1.54) is 43.9 Å². The maximum absolute atomic E-state index is 10.7. The van der Waals surface area contributed by atoms with Crippen molar-refractivity contribution in [3.8, 4) is 11.5 Å². The average molecular weight is 460 g/mol. The van der Waals surface area contributed by atoms with Gasteiger partial charge in [-0.15, -0.1) is 0 Å². The molecule has 2 aromatic carbocycles. The summed E-state index contributed by atoms with van der Waals surface area (Å²) < 4.78 is 12.5. The summed E-state index contributed by atoms with van der Waals surface area (Å²) in [6.45, 7) is 0.811. The number of carbonyl (C=O) groups is 1. The SMILES string of the molecule is NC(=O)N/N=C\c1cc(Br)ccc1OCCOc1ccc(C2CCCCC2)cc1. The van der Waals surface area contributed by atoms with Crippen molar-refractivity contribution in [2.45, 2.75) is 38.0 Å². The number of benzene rings is 2. The predicted octanol–water partition coefficient (Wildman–Crippen LogP) is 4.96. The first-order valence-corrected chi connectivity index (χ1v) is 10.6. The Morgan fingerprint density at radius 1 is 1.10 bits per heavy atom. The molecule has 2 aromatic rings. The fourth-order valence-corrected chi connectivity index (χ4v) is 3.88. The Kier molecular flexibility index (Phi) is 7.93. The van der Waals surface area contributed by atoms with Crippen LogP contribution >= 0.6 is 15.9 Å². The molecule has 154 valence electrons. The van der Waals surface area contributed by atoms with Crippen molar-refractivity contribution in [2.24, 2.45) is 10.8 Å². The number of amides is 2. The summed E-state index contributed by atoms with van der Waals surface area (Å²) in [6, 6.07) is 13.3. The van der Waals surface area contributed by atoms with Crippen molar-refractivity contribution in [2.75, 3.05) is 13.2 Å². The lowest BCUT2D eigenvalue weighted by Gasteiger charge is -2.22. The van der Waals surface area contributed by atoms with Gasteiger partial charge in [0.1, 0.15) is 24.7 Å². The van der Waals surface area contributed by atoms with Gasteiger partial charge in [-0.1, -0.05) is 47.3 Å². The lowest BCUT2D eigenvalue weighted by Crippen LogP contribution is -2.24. The fraction of sp³-hybridized carbons (Fsp3) is 0.364. The van der Waals surface area contributed by atoms with E-state index < -0.39 is 6.03 Å². The van der Waals surface area contributed by atoms with Gasteiger partial charge in [0.25, 0.3) is 0 Å². The Balaban J connectivity index is 1.49. The average Bonchev–Trinajstić information content (AvgIpc) is 2.73. The summed E-state index contributed by atoms with van der Waals surface area (Å²) in [7, 11) is 0. The third-order valence-corrected chi connectivity index (χ3v) is 5.41. The molecule has 1 saturated carbocycles. The number of urea groups is 1. The lowest BCUT2D eigenvalue weighted by molar-refractivity contribution is 0.217. The fourth-order valence-electron chi connectivity index (χ4n) is 3.50. The highest BCUT2D eigenvalue weighted by molar-refractivity contribution is 9.10. The molecule has 0 aliphatic heterocycles. The summed E-state index contributed by atoms with van der Waals surface area (Å²) in [6.07, 6.45) is 8.11. The van der Waals surface area contributed by atoms with Gasteiger partial charge in [0.15, 0.2) is 0 Å². The number of nitrogens with zero attached hydrogens (tertiary/aromatic N) is 1. The molecule has 0 radical (unpaired) electrons. The number of primary amides is 1. The van der Waals surface area contributed by atoms with Crippen LogP contribution in [0.25, 0.3) is 0 Å². The van der Waals surface area contributed by atoms with Gasteiger partial charge < -0.3 is 15.2 Å². The largest absolute Gasteiger partial charge is 0.490 e. The molecule has 1 aliphatic carbocycles. The Morgan fingerprint density at radius 2 is 1.83 bits per heavy atom. The van der Waals surface area contributed by atoms with Crippen LogP contribution in [0.15, 0.2) is 52.0 Å². The number of ether oxygens (including phenoxy) is 2. The van der Waals surface area contributed by atoms with E-state index in [-0.39, 0.29) is 0 Å². The molecule has 0 aromatic heterocycles. The minimum atomic E-state index is -0.721. The van der Waals surface area contributed by atoms with Crippen molar-refractivity contribution in [1.29, 1.82) is 0 Å². The Bertz CT molecular complexity index is 834. The summed E-state index contributed by atoms with van der Waals surface area (Å²) in [4.78, 5) is 10.7. The number of hydrogen-bond acceptors (Lipinski definition) is 4. The van der Waals surface area contributed by atoms with Crippen LogP contribution in [0.4, 0.5) is 4.79 Å². The quantitative estimate of drug-likeness (QED) is 0.332. The van der Waals surface area contributed by atoms with E-state index in [2.05, 4.69) is 38.6 Å². The maximum atomic E-state index is 10.7. The standard InChI is InChI=1S/C22H26BrN3O3/c23-19-8-11-21(18(14-19)15-25-26-22(24)27)29-13-12-28-20-9-6-17(7-10-20)16-4-2-1-3-5-16/h6-11,14-16H,1-5,12-13H2,(H3,24,26,27)/b25-15-. The Hall–Kier alpha value is -2.54. The molecule has 0 saturated heterocycles. The second kappa shape index (κ2) is 10.9. The number of nitrogens with one attached hydrogen (secondary N) is 1. The van der Waals surface area contributed by atoms with E-state index in [9.17, 15) is 4.79 Å². The van der Waals surface area contributed by atoms with Gasteiger partial charge in [-0.3, -0.25) is 0 Å². The van der Waals surface area contributed by atoms with Gasteiger partial charge >= 0.3 is 6.03 Å². The van der Waals surface area contributed by atoms with Crippen LogP contribution in [0, 0.1) is 0 Å². The van der Waals surface area contributed by atoms with Crippen molar-refractivity contribution in [1.82, 2.24) is 5.43 Å². The minimum Gasteiger partial charge on any atom is -0.490 e. The van der Waals surface area contributed by atoms with E-state index in [0.717, 1.165) is 10.2 Å². The van der Waals surface area contributed by atoms with Crippen LogP contribution in [0.5, 0.6) is 11.5 Å². The molecule has 0 heterocycles. The van der Waals surface area contributed by atoms with E-state index >= 15 is 0 Å². The highest BCUT2D eigenvalue weighted by atomic mass is 79.9. The smallest absolute Gasteiger partial charge is 0.332 e. The summed E-state index contributed by atoms with van der Waals surface area (Å²) in [5.41, 5.74) is 9.31. The van der Waals surface area contributed by atoms with Crippen LogP contribution in [0.2, 0.25) is 0 Å². The molecular weight excluding hydrogens is 434 g/mol. The summed E-state index contributed by atoms with van der Waals surface area (Å²) >= 11 is 3.41. The molecule has 1 fully saturated rings. The molecule has 0 atom stereocenters. The number of halogens is 1. The molecule has 3 N–H and O–H groups in total. The van der Waals surface area contributed by atoms with Crippen LogP contribution < -0.4 is 20.6 Å². The van der Waals surface area contributed by atoms with Crippen LogP contribution in [-0.2, 0) is 0 Å². The topological polar surface area (TPSA) is 85.9 Å². The minimum absolute atomic E-state index is 0.385. The molecule has 0 spiro atoms. The molecule has 7 heteroatoms. The van der Waals surface area contributed by atoms with Gasteiger partial charge in [0.2, 0.25) is 0 Å². The van der Waals surface area contributed by atoms with Crippen molar-refractivity contribution in [3.63, 3.8) is 0 Å². The highest BCUT2D eigenvalue weighted by Crippen LogP contribution is 2.33. The molecular formula is C22H26BrN3O3. The highest BCUT2D eigenvalue weighted by Gasteiger charge is 2.15. The van der Waals surface area contributed by atoms with Crippen molar-refractivity contribution >= 4 is 28.2 Å².